The molecule has 0 radical (unpaired) electrons. The zero-order valence-corrected chi connectivity index (χ0v) is 18.9. The number of rotatable bonds is 7. The van der Waals surface area contributed by atoms with Crippen LogP contribution in [0.1, 0.15) is 11.8 Å². The first kappa shape index (κ1) is 22.1. The SMILES string of the molecule is CCOC(=O)/C=c1\s/c(=C\c2cccs2)c(=O)n1CC(=O)Nc1ccccc1SC. The number of hydrogen-bond donors (Lipinski definition) is 1. The van der Waals surface area contributed by atoms with Crippen molar-refractivity contribution in [3.05, 3.63) is 66.2 Å². The van der Waals surface area contributed by atoms with Crippen molar-refractivity contribution in [1.82, 2.24) is 4.57 Å². The van der Waals surface area contributed by atoms with Crippen molar-refractivity contribution in [2.24, 2.45) is 0 Å². The molecular weight excluding hydrogens is 440 g/mol. The zero-order chi connectivity index (χ0) is 21.5. The standard InChI is InChI=1S/C21H20N2O4S3/c1-3-27-20(25)12-19-23(21(26)17(30-19)11-14-7-6-10-29-14)13-18(24)22-15-8-4-5-9-16(15)28-2/h4-12H,3,13H2,1-2H3,(H,22,24)/b17-11-,19-12-. The van der Waals surface area contributed by atoms with Gasteiger partial charge in [0, 0.05) is 9.77 Å². The second kappa shape index (κ2) is 10.4. The largest absolute Gasteiger partial charge is 0.463 e. The number of nitrogens with zero attached hydrogens (tertiary/aromatic N) is 1. The third-order valence-electron chi connectivity index (χ3n) is 3.96. The van der Waals surface area contributed by atoms with Crippen LogP contribution in [0.5, 0.6) is 0 Å². The highest BCUT2D eigenvalue weighted by Crippen LogP contribution is 2.24. The number of amides is 1. The molecule has 0 atom stereocenters. The smallest absolute Gasteiger partial charge is 0.333 e. The van der Waals surface area contributed by atoms with E-state index in [1.165, 1.54) is 33.7 Å². The summed E-state index contributed by atoms with van der Waals surface area (Å²) in [5.74, 6) is -0.902. The molecule has 3 rings (SSSR count). The number of thiazole rings is 1. The molecule has 0 fully saturated rings. The van der Waals surface area contributed by atoms with Crippen LogP contribution in [-0.4, -0.2) is 29.3 Å². The fourth-order valence-electron chi connectivity index (χ4n) is 2.66. The summed E-state index contributed by atoms with van der Waals surface area (Å²) in [6.45, 7) is 1.73. The second-order valence-corrected chi connectivity index (χ2v) is 8.89. The van der Waals surface area contributed by atoms with Gasteiger partial charge in [-0.05, 0) is 42.8 Å². The van der Waals surface area contributed by atoms with Gasteiger partial charge in [-0.15, -0.1) is 34.4 Å². The molecule has 1 N–H and O–H groups in total. The monoisotopic (exact) mass is 460 g/mol. The Kier molecular flexibility index (Phi) is 7.67. The van der Waals surface area contributed by atoms with Crippen LogP contribution < -0.4 is 20.1 Å². The number of esters is 1. The van der Waals surface area contributed by atoms with E-state index in [1.807, 2.05) is 48.0 Å². The minimum absolute atomic E-state index is 0.207. The average Bonchev–Trinajstić information content (AvgIpc) is 3.33. The third-order valence-corrected chi connectivity index (χ3v) is 6.64. The van der Waals surface area contributed by atoms with E-state index in [0.717, 1.165) is 21.1 Å². The van der Waals surface area contributed by atoms with Crippen molar-refractivity contribution in [1.29, 1.82) is 0 Å². The van der Waals surface area contributed by atoms with Gasteiger partial charge in [-0.3, -0.25) is 14.2 Å². The van der Waals surface area contributed by atoms with E-state index in [1.54, 1.807) is 13.0 Å². The molecule has 0 aliphatic carbocycles. The van der Waals surface area contributed by atoms with Crippen LogP contribution >= 0.6 is 34.4 Å². The number of thioether (sulfide) groups is 1. The Morgan fingerprint density at radius 1 is 1.23 bits per heavy atom. The number of benzene rings is 1. The normalized spacial score (nSPS) is 12.2. The van der Waals surface area contributed by atoms with E-state index in [4.69, 9.17) is 4.74 Å². The number of carbonyl (C=O) groups excluding carboxylic acids is 2. The second-order valence-electron chi connectivity index (χ2n) is 6.00. The van der Waals surface area contributed by atoms with Gasteiger partial charge in [0.15, 0.2) is 0 Å². The molecule has 3 aromatic rings. The van der Waals surface area contributed by atoms with Gasteiger partial charge in [0.05, 0.1) is 22.9 Å². The number of para-hydroxylation sites is 1. The van der Waals surface area contributed by atoms with E-state index >= 15 is 0 Å². The van der Waals surface area contributed by atoms with Crippen LogP contribution in [0, 0.1) is 0 Å². The Labute approximate surface area is 185 Å². The number of carbonyl (C=O) groups is 2. The third kappa shape index (κ3) is 5.50. The number of ether oxygens (including phenoxy) is 1. The Morgan fingerprint density at radius 3 is 2.73 bits per heavy atom. The van der Waals surface area contributed by atoms with E-state index in [0.29, 0.717) is 14.9 Å². The molecular formula is C21H20N2O4S3. The van der Waals surface area contributed by atoms with Gasteiger partial charge in [0.1, 0.15) is 11.2 Å². The highest BCUT2D eigenvalue weighted by molar-refractivity contribution is 7.98. The first-order chi connectivity index (χ1) is 14.5. The Hall–Kier alpha value is -2.62. The molecule has 156 valence electrons. The Balaban J connectivity index is 1.98. The average molecular weight is 461 g/mol. The van der Waals surface area contributed by atoms with Crippen LogP contribution in [0.3, 0.4) is 0 Å². The Bertz CT molecular complexity index is 1210. The molecule has 2 aromatic heterocycles. The molecule has 0 saturated heterocycles. The zero-order valence-electron chi connectivity index (χ0n) is 16.4. The van der Waals surface area contributed by atoms with Crippen molar-refractivity contribution in [2.75, 3.05) is 18.2 Å². The predicted octanol–water partition coefficient (Wildman–Crippen LogP) is 2.50. The highest BCUT2D eigenvalue weighted by atomic mass is 32.2. The molecule has 0 bridgehead atoms. The van der Waals surface area contributed by atoms with Crippen molar-refractivity contribution in [2.45, 2.75) is 18.4 Å². The lowest BCUT2D eigenvalue weighted by atomic mass is 10.3. The van der Waals surface area contributed by atoms with Crippen molar-refractivity contribution in [3.63, 3.8) is 0 Å². The fourth-order valence-corrected chi connectivity index (χ4v) is 4.97. The molecule has 6 nitrogen and oxygen atoms in total. The first-order valence-corrected chi connectivity index (χ1v) is 12.0. The number of hydrogen-bond acceptors (Lipinski definition) is 7. The van der Waals surface area contributed by atoms with Crippen LogP contribution in [0.15, 0.2) is 51.5 Å². The van der Waals surface area contributed by atoms with Crippen molar-refractivity contribution in [3.8, 4) is 0 Å². The van der Waals surface area contributed by atoms with Crippen LogP contribution in [-0.2, 0) is 20.9 Å². The van der Waals surface area contributed by atoms with E-state index < -0.39 is 5.97 Å². The molecule has 2 heterocycles. The molecule has 1 amide bonds. The minimum atomic E-state index is -0.552. The molecule has 1 aromatic carbocycles. The van der Waals surface area contributed by atoms with E-state index in [9.17, 15) is 14.4 Å². The summed E-state index contributed by atoms with van der Waals surface area (Å²) < 4.78 is 7.10. The summed E-state index contributed by atoms with van der Waals surface area (Å²) in [5, 5.41) is 4.76. The van der Waals surface area contributed by atoms with Gasteiger partial charge in [0.2, 0.25) is 5.91 Å². The molecule has 9 heteroatoms. The molecule has 0 unspecified atom stereocenters. The quantitative estimate of drug-likeness (QED) is 0.433. The first-order valence-electron chi connectivity index (χ1n) is 9.08. The minimum Gasteiger partial charge on any atom is -0.463 e. The summed E-state index contributed by atoms with van der Waals surface area (Å²) >= 11 is 4.18. The Morgan fingerprint density at radius 2 is 2.03 bits per heavy atom. The lowest BCUT2D eigenvalue weighted by molar-refractivity contribution is -0.135. The summed E-state index contributed by atoms with van der Waals surface area (Å²) in [6, 6.07) is 11.2. The van der Waals surface area contributed by atoms with Gasteiger partial charge in [-0.25, -0.2) is 4.79 Å². The molecule has 30 heavy (non-hydrogen) atoms. The topological polar surface area (TPSA) is 77.4 Å². The van der Waals surface area contributed by atoms with Gasteiger partial charge in [-0.2, -0.15) is 0 Å². The summed E-state index contributed by atoms with van der Waals surface area (Å²) in [6.07, 6.45) is 4.94. The van der Waals surface area contributed by atoms with Gasteiger partial charge < -0.3 is 10.1 Å². The van der Waals surface area contributed by atoms with Crippen LogP contribution in [0.2, 0.25) is 0 Å². The maximum Gasteiger partial charge on any atom is 0.333 e. The van der Waals surface area contributed by atoms with Gasteiger partial charge in [-0.1, -0.05) is 18.2 Å². The maximum atomic E-state index is 13.0. The highest BCUT2D eigenvalue weighted by Gasteiger charge is 2.12. The summed E-state index contributed by atoms with van der Waals surface area (Å²) in [7, 11) is 0. The van der Waals surface area contributed by atoms with Crippen molar-refractivity contribution >= 4 is 64.2 Å². The molecule has 0 saturated carbocycles. The maximum absolute atomic E-state index is 13.0. The van der Waals surface area contributed by atoms with Gasteiger partial charge >= 0.3 is 5.97 Å². The molecule has 0 spiro atoms. The fraction of sp³-hybridized carbons (Fsp3) is 0.190. The molecule has 0 aliphatic rings. The lowest BCUT2D eigenvalue weighted by Gasteiger charge is -2.09. The van der Waals surface area contributed by atoms with Crippen LogP contribution in [0.4, 0.5) is 5.69 Å². The van der Waals surface area contributed by atoms with E-state index in [-0.39, 0.29) is 24.6 Å². The number of anilines is 1. The number of aromatic nitrogens is 1. The predicted molar refractivity (Wildman–Crippen MR) is 124 cm³/mol. The summed E-state index contributed by atoms with van der Waals surface area (Å²) in [5.41, 5.74) is 0.358. The van der Waals surface area contributed by atoms with Crippen molar-refractivity contribution < 1.29 is 14.3 Å². The van der Waals surface area contributed by atoms with Crippen LogP contribution in [0.25, 0.3) is 12.2 Å². The number of nitrogens with one attached hydrogen (secondary N) is 1. The van der Waals surface area contributed by atoms with E-state index in [2.05, 4.69) is 5.32 Å². The number of thiophene rings is 1. The van der Waals surface area contributed by atoms with Gasteiger partial charge in [0.25, 0.3) is 5.56 Å². The lowest BCUT2D eigenvalue weighted by Crippen LogP contribution is -2.36. The summed E-state index contributed by atoms with van der Waals surface area (Å²) in [4.78, 5) is 39.4. The molecule has 0 aliphatic heterocycles.